The van der Waals surface area contributed by atoms with E-state index in [9.17, 15) is 9.18 Å². The van der Waals surface area contributed by atoms with Gasteiger partial charge in [-0.05, 0) is 38.0 Å². The first-order valence-electron chi connectivity index (χ1n) is 6.95. The number of nitrogens with one attached hydrogen (secondary N) is 1. The molecule has 1 unspecified atom stereocenters. The van der Waals surface area contributed by atoms with Gasteiger partial charge in [-0.15, -0.1) is 0 Å². The van der Waals surface area contributed by atoms with Gasteiger partial charge in [0.2, 0.25) is 0 Å². The highest BCUT2D eigenvalue weighted by Crippen LogP contribution is 2.24. The molecule has 1 aromatic carbocycles. The fraction of sp³-hybridized carbons (Fsp3) is 0.438. The zero-order valence-corrected chi connectivity index (χ0v) is 12.0. The summed E-state index contributed by atoms with van der Waals surface area (Å²) < 4.78 is 19.0. The lowest BCUT2D eigenvalue weighted by molar-refractivity contribution is 0.0206. The van der Waals surface area contributed by atoms with Gasteiger partial charge >= 0.3 is 0 Å². The van der Waals surface area contributed by atoms with Crippen molar-refractivity contribution in [1.82, 2.24) is 5.32 Å². The van der Waals surface area contributed by atoms with E-state index < -0.39 is 5.82 Å². The van der Waals surface area contributed by atoms with Gasteiger partial charge in [0.1, 0.15) is 5.82 Å². The third-order valence-corrected chi connectivity index (χ3v) is 3.47. The quantitative estimate of drug-likeness (QED) is 0.828. The highest BCUT2D eigenvalue weighted by molar-refractivity contribution is 5.96. The Morgan fingerprint density at radius 2 is 2.38 bits per heavy atom. The molecule has 3 N–H and O–H groups in total. The number of rotatable bonds is 3. The lowest BCUT2D eigenvalue weighted by atomic mass is 10.0. The SMILES string of the molecule is CC1(CNC(=O)c2cc(F)ccc2C#CCN)CCCO1. The Hall–Kier alpha value is -1.90. The second-order valence-corrected chi connectivity index (χ2v) is 5.28. The van der Waals surface area contributed by atoms with Crippen LogP contribution in [0.3, 0.4) is 0 Å². The van der Waals surface area contributed by atoms with E-state index in [1.165, 1.54) is 18.2 Å². The fourth-order valence-electron chi connectivity index (χ4n) is 2.30. The van der Waals surface area contributed by atoms with Crippen LogP contribution in [-0.4, -0.2) is 31.2 Å². The van der Waals surface area contributed by atoms with Crippen LogP contribution in [0.25, 0.3) is 0 Å². The average molecular weight is 290 g/mol. The minimum absolute atomic E-state index is 0.185. The summed E-state index contributed by atoms with van der Waals surface area (Å²) in [6.07, 6.45) is 1.88. The molecule has 1 aromatic rings. The first kappa shape index (κ1) is 15.5. The molecule has 1 atom stereocenters. The van der Waals surface area contributed by atoms with Crippen LogP contribution in [0.5, 0.6) is 0 Å². The van der Waals surface area contributed by atoms with Crippen molar-refractivity contribution < 1.29 is 13.9 Å². The Morgan fingerprint density at radius 1 is 1.57 bits per heavy atom. The summed E-state index contributed by atoms with van der Waals surface area (Å²) in [5.74, 6) is 4.63. The number of halogens is 1. The molecule has 0 bridgehead atoms. The molecule has 21 heavy (non-hydrogen) atoms. The number of amides is 1. The van der Waals surface area contributed by atoms with Crippen molar-refractivity contribution in [3.63, 3.8) is 0 Å². The van der Waals surface area contributed by atoms with Gasteiger partial charge in [-0.25, -0.2) is 4.39 Å². The molecular weight excluding hydrogens is 271 g/mol. The molecule has 5 heteroatoms. The topological polar surface area (TPSA) is 64.4 Å². The predicted octanol–water partition coefficient (Wildman–Crippen LogP) is 1.43. The Morgan fingerprint density at radius 3 is 3.05 bits per heavy atom. The van der Waals surface area contributed by atoms with Gasteiger partial charge in [0.15, 0.2) is 0 Å². The Bertz CT molecular complexity index is 584. The second kappa shape index (κ2) is 6.70. The van der Waals surface area contributed by atoms with Crippen LogP contribution in [0.1, 0.15) is 35.7 Å². The van der Waals surface area contributed by atoms with Crippen molar-refractivity contribution in [2.24, 2.45) is 5.73 Å². The Labute approximate surface area is 123 Å². The number of hydrogen-bond acceptors (Lipinski definition) is 3. The summed E-state index contributed by atoms with van der Waals surface area (Å²) in [7, 11) is 0. The summed E-state index contributed by atoms with van der Waals surface area (Å²) >= 11 is 0. The number of hydrogen-bond donors (Lipinski definition) is 2. The van der Waals surface area contributed by atoms with E-state index in [-0.39, 0.29) is 23.6 Å². The van der Waals surface area contributed by atoms with E-state index in [4.69, 9.17) is 10.5 Å². The monoisotopic (exact) mass is 290 g/mol. The van der Waals surface area contributed by atoms with Gasteiger partial charge in [0.25, 0.3) is 5.91 Å². The predicted molar refractivity (Wildman–Crippen MR) is 78.3 cm³/mol. The van der Waals surface area contributed by atoms with Crippen molar-refractivity contribution in [3.8, 4) is 11.8 Å². The molecule has 0 radical (unpaired) electrons. The molecule has 112 valence electrons. The standard InChI is InChI=1S/C16H19FN2O2/c1-16(7-3-9-21-16)11-19-15(20)14-10-13(17)6-5-12(14)4-2-8-18/h5-6,10H,3,7-9,11,18H2,1H3,(H,19,20). The lowest BCUT2D eigenvalue weighted by Crippen LogP contribution is -2.40. The molecule has 0 saturated carbocycles. The summed E-state index contributed by atoms with van der Waals surface area (Å²) in [4.78, 5) is 12.2. The normalized spacial score (nSPS) is 20.7. The van der Waals surface area contributed by atoms with Crippen molar-refractivity contribution in [3.05, 3.63) is 35.1 Å². The smallest absolute Gasteiger partial charge is 0.252 e. The fourth-order valence-corrected chi connectivity index (χ4v) is 2.30. The second-order valence-electron chi connectivity index (χ2n) is 5.28. The van der Waals surface area contributed by atoms with Crippen LogP contribution in [-0.2, 0) is 4.74 Å². The van der Waals surface area contributed by atoms with Crippen LogP contribution < -0.4 is 11.1 Å². The third kappa shape index (κ3) is 4.03. The minimum Gasteiger partial charge on any atom is -0.373 e. The highest BCUT2D eigenvalue weighted by Gasteiger charge is 2.30. The van der Waals surface area contributed by atoms with Crippen molar-refractivity contribution in [2.75, 3.05) is 19.7 Å². The van der Waals surface area contributed by atoms with E-state index >= 15 is 0 Å². The van der Waals surface area contributed by atoms with E-state index in [0.29, 0.717) is 18.7 Å². The summed E-state index contributed by atoms with van der Waals surface area (Å²) in [5.41, 5.74) is 5.67. The summed E-state index contributed by atoms with van der Waals surface area (Å²) in [6, 6.07) is 3.95. The van der Waals surface area contributed by atoms with E-state index in [1.54, 1.807) is 0 Å². The zero-order chi connectivity index (χ0) is 15.3. The molecule has 1 aliphatic heterocycles. The maximum atomic E-state index is 13.4. The van der Waals surface area contributed by atoms with Gasteiger partial charge in [0, 0.05) is 18.7 Å². The maximum absolute atomic E-state index is 13.4. The highest BCUT2D eigenvalue weighted by atomic mass is 19.1. The average Bonchev–Trinajstić information content (AvgIpc) is 2.91. The molecule has 1 fully saturated rings. The van der Waals surface area contributed by atoms with Crippen molar-refractivity contribution in [2.45, 2.75) is 25.4 Å². The largest absolute Gasteiger partial charge is 0.373 e. The van der Waals surface area contributed by atoms with Crippen LogP contribution in [0.4, 0.5) is 4.39 Å². The van der Waals surface area contributed by atoms with E-state index in [1.807, 2.05) is 6.92 Å². The molecule has 4 nitrogen and oxygen atoms in total. The molecule has 0 aliphatic carbocycles. The lowest BCUT2D eigenvalue weighted by Gasteiger charge is -2.23. The molecule has 1 amide bonds. The number of benzene rings is 1. The van der Waals surface area contributed by atoms with Crippen LogP contribution in [0.2, 0.25) is 0 Å². The van der Waals surface area contributed by atoms with Gasteiger partial charge < -0.3 is 15.8 Å². The molecule has 1 saturated heterocycles. The number of ether oxygens (including phenoxy) is 1. The van der Waals surface area contributed by atoms with Crippen LogP contribution in [0.15, 0.2) is 18.2 Å². The molecule has 1 heterocycles. The maximum Gasteiger partial charge on any atom is 0.252 e. The zero-order valence-electron chi connectivity index (χ0n) is 12.0. The minimum atomic E-state index is -0.471. The molecular formula is C16H19FN2O2. The molecule has 1 aliphatic rings. The van der Waals surface area contributed by atoms with Crippen molar-refractivity contribution >= 4 is 5.91 Å². The van der Waals surface area contributed by atoms with E-state index in [0.717, 1.165) is 12.8 Å². The van der Waals surface area contributed by atoms with Gasteiger partial charge in [-0.1, -0.05) is 11.8 Å². The molecule has 2 rings (SSSR count). The Kier molecular flexibility index (Phi) is 4.94. The number of carbonyl (C=O) groups excluding carboxylic acids is 1. The van der Waals surface area contributed by atoms with Crippen LogP contribution >= 0.6 is 0 Å². The van der Waals surface area contributed by atoms with Gasteiger partial charge in [0.05, 0.1) is 17.7 Å². The number of carbonyl (C=O) groups is 1. The van der Waals surface area contributed by atoms with Gasteiger partial charge in [-0.2, -0.15) is 0 Å². The Balaban J connectivity index is 2.12. The van der Waals surface area contributed by atoms with Crippen molar-refractivity contribution in [1.29, 1.82) is 0 Å². The third-order valence-electron chi connectivity index (χ3n) is 3.47. The summed E-state index contributed by atoms with van der Waals surface area (Å²) in [5, 5.41) is 2.80. The van der Waals surface area contributed by atoms with Gasteiger partial charge in [-0.3, -0.25) is 4.79 Å². The molecule has 0 aromatic heterocycles. The number of nitrogens with two attached hydrogens (primary N) is 1. The first-order chi connectivity index (χ1) is 10.0. The first-order valence-corrected chi connectivity index (χ1v) is 6.95. The van der Waals surface area contributed by atoms with Crippen LogP contribution in [0, 0.1) is 17.7 Å². The summed E-state index contributed by atoms with van der Waals surface area (Å²) in [6.45, 7) is 3.25. The molecule has 0 spiro atoms. The van der Waals surface area contributed by atoms with E-state index in [2.05, 4.69) is 17.2 Å².